The second-order valence-corrected chi connectivity index (χ2v) is 14.3. The Morgan fingerprint density at radius 1 is 0.587 bits per heavy atom. The molecule has 1 amide bonds. The Kier molecular flexibility index (Phi) is 41.3. The molecule has 0 radical (unpaired) electrons. The van der Waals surface area contributed by atoms with Crippen LogP contribution in [-0.2, 0) is 89.1 Å². The van der Waals surface area contributed by atoms with Gasteiger partial charge in [-0.15, -0.1) is 16.9 Å². The normalized spacial score (nSPS) is 12.5. The first-order valence-electron chi connectivity index (χ1n) is 21.3. The molecule has 23 nitrogen and oxygen atoms in total. The molecule has 0 saturated heterocycles. The summed E-state index contributed by atoms with van der Waals surface area (Å²) in [7, 11) is 0. The highest BCUT2D eigenvalue weighted by Gasteiger charge is 2.25. The second kappa shape index (κ2) is 44.5. The van der Waals surface area contributed by atoms with Gasteiger partial charge in [-0.05, 0) is 6.42 Å². The molecule has 0 aliphatic rings. The summed E-state index contributed by atoms with van der Waals surface area (Å²) < 4.78 is 72.7. The number of nitrogens with two attached hydrogens (primary N) is 1. The van der Waals surface area contributed by atoms with Crippen LogP contribution in [0.4, 0.5) is 0 Å². The van der Waals surface area contributed by atoms with E-state index in [4.69, 9.17) is 77.5 Å². The smallest absolute Gasteiger partial charge is 0.321 e. The van der Waals surface area contributed by atoms with Gasteiger partial charge in [-0.3, -0.25) is 14.4 Å². The molecule has 0 bridgehead atoms. The molecule has 0 fully saturated rings. The number of hydrogen-bond donors (Lipinski definition) is 4. The number of rotatable bonds is 50. The van der Waals surface area contributed by atoms with E-state index < -0.39 is 35.6 Å². The minimum atomic E-state index is -1.23. The highest BCUT2D eigenvalue weighted by atomic mass is 32.2. The number of carbonyl (C=O) groups is 3. The molecule has 5 N–H and O–H groups in total. The van der Waals surface area contributed by atoms with Crippen LogP contribution in [0.3, 0.4) is 0 Å². The number of aliphatic carboxylic acids is 2. The molecule has 1 rings (SSSR count). The maximum atomic E-state index is 12.5. The van der Waals surface area contributed by atoms with Crippen LogP contribution >= 0.6 is 11.8 Å². The zero-order chi connectivity index (χ0) is 45.7. The standard InChI is InChI=1S/C39H73N5O18S/c1-2-4-50-6-8-52-10-12-54-14-16-56-18-20-58-22-24-60-26-28-62-29-27-61-25-23-59-21-19-57-17-15-55-13-11-53-9-7-51-5-3-44-32-34(42-43-44)31-41-38(47)36(30-37(45)46)63-33-35(40)39(48)49/h32,35-36H,2-31,33,40H2,1H3,(H,41,47)(H,45,46)(H,48,49). The number of nitrogens with one attached hydrogen (secondary N) is 1. The van der Waals surface area contributed by atoms with Gasteiger partial charge in [0.15, 0.2) is 0 Å². The van der Waals surface area contributed by atoms with E-state index in [0.29, 0.717) is 177 Å². The van der Waals surface area contributed by atoms with Gasteiger partial charge in [-0.1, -0.05) is 12.1 Å². The minimum absolute atomic E-state index is 0.0218. The number of carboxylic acids is 2. The van der Waals surface area contributed by atoms with Gasteiger partial charge in [0.25, 0.3) is 0 Å². The summed E-state index contributed by atoms with van der Waals surface area (Å²) in [6.45, 7) is 15.2. The molecular formula is C39H73N5O18S. The van der Waals surface area contributed by atoms with Crippen molar-refractivity contribution in [3.05, 3.63) is 11.9 Å². The van der Waals surface area contributed by atoms with Crippen molar-refractivity contribution < 1.29 is 86.2 Å². The Bertz CT molecular complexity index is 1210. The van der Waals surface area contributed by atoms with E-state index in [-0.39, 0.29) is 12.3 Å². The van der Waals surface area contributed by atoms with Crippen LogP contribution in [0.25, 0.3) is 0 Å². The van der Waals surface area contributed by atoms with Crippen LogP contribution in [0, 0.1) is 0 Å². The predicted octanol–water partition coefficient (Wildman–Crippen LogP) is -0.491. The first-order valence-corrected chi connectivity index (χ1v) is 22.4. The largest absolute Gasteiger partial charge is 0.481 e. The van der Waals surface area contributed by atoms with Gasteiger partial charge >= 0.3 is 11.9 Å². The molecule has 2 unspecified atom stereocenters. The number of hydrogen-bond acceptors (Lipinski definition) is 20. The highest BCUT2D eigenvalue weighted by molar-refractivity contribution is 8.00. The molecule has 0 aliphatic heterocycles. The summed E-state index contributed by atoms with van der Waals surface area (Å²) in [6, 6.07) is -1.21. The van der Waals surface area contributed by atoms with Crippen molar-refractivity contribution in [3.8, 4) is 0 Å². The van der Waals surface area contributed by atoms with Crippen molar-refractivity contribution in [2.75, 3.05) is 178 Å². The zero-order valence-electron chi connectivity index (χ0n) is 36.9. The van der Waals surface area contributed by atoms with Crippen LogP contribution in [-0.4, -0.2) is 232 Å². The third-order valence-corrected chi connectivity index (χ3v) is 9.09. The van der Waals surface area contributed by atoms with Gasteiger partial charge in [0.1, 0.15) is 11.7 Å². The zero-order valence-corrected chi connectivity index (χ0v) is 37.7. The minimum Gasteiger partial charge on any atom is -0.481 e. The van der Waals surface area contributed by atoms with Gasteiger partial charge in [0, 0.05) is 12.4 Å². The molecule has 1 heterocycles. The fourth-order valence-electron chi connectivity index (χ4n) is 4.54. The quantitative estimate of drug-likeness (QED) is 0.0600. The predicted molar refractivity (Wildman–Crippen MR) is 227 cm³/mol. The summed E-state index contributed by atoms with van der Waals surface area (Å²) in [4.78, 5) is 34.5. The number of carbonyl (C=O) groups excluding carboxylic acids is 1. The second-order valence-electron chi connectivity index (χ2n) is 13.0. The lowest BCUT2D eigenvalue weighted by atomic mass is 10.3. The lowest BCUT2D eigenvalue weighted by molar-refractivity contribution is -0.138. The topological polar surface area (TPSA) is 280 Å². The average Bonchev–Trinajstić information content (AvgIpc) is 3.73. The summed E-state index contributed by atoms with van der Waals surface area (Å²) in [6.07, 6.45) is 2.17. The molecule has 0 aliphatic carbocycles. The fourth-order valence-corrected chi connectivity index (χ4v) is 5.62. The van der Waals surface area contributed by atoms with Gasteiger partial charge in [0.2, 0.25) is 5.91 Å². The van der Waals surface area contributed by atoms with Crippen molar-refractivity contribution >= 4 is 29.6 Å². The van der Waals surface area contributed by atoms with E-state index in [1.165, 1.54) is 0 Å². The molecule has 1 aromatic heterocycles. The van der Waals surface area contributed by atoms with Gasteiger partial charge in [-0.25, -0.2) is 4.68 Å². The highest BCUT2D eigenvalue weighted by Crippen LogP contribution is 2.16. The molecule has 1 aromatic rings. The van der Waals surface area contributed by atoms with Crippen molar-refractivity contribution in [1.82, 2.24) is 20.3 Å². The number of nitrogens with zero attached hydrogens (tertiary/aromatic N) is 3. The van der Waals surface area contributed by atoms with Crippen LogP contribution in [0.15, 0.2) is 6.20 Å². The van der Waals surface area contributed by atoms with E-state index in [1.807, 2.05) is 0 Å². The van der Waals surface area contributed by atoms with Crippen molar-refractivity contribution in [1.29, 1.82) is 0 Å². The fraction of sp³-hybridized carbons (Fsp3) is 0.872. The van der Waals surface area contributed by atoms with Crippen LogP contribution in [0.1, 0.15) is 25.5 Å². The van der Waals surface area contributed by atoms with Crippen LogP contribution < -0.4 is 11.1 Å². The Morgan fingerprint density at radius 2 is 0.921 bits per heavy atom. The first kappa shape index (κ1) is 58.4. The third kappa shape index (κ3) is 39.4. The lowest BCUT2D eigenvalue weighted by Gasteiger charge is -2.15. The SMILES string of the molecule is CCCOCCOCCOCCOCCOCCOCCOCCOCCOCCOCCOCCOCCOCCn1cc(CNC(=O)C(CC(=O)O)SCC(N)C(=O)O)nn1. The Morgan fingerprint density at radius 3 is 1.24 bits per heavy atom. The number of amides is 1. The monoisotopic (exact) mass is 931 g/mol. The molecule has 0 aromatic carbocycles. The maximum absolute atomic E-state index is 12.5. The van der Waals surface area contributed by atoms with E-state index >= 15 is 0 Å². The molecule has 24 heteroatoms. The Hall–Kier alpha value is -2.66. The first-order chi connectivity index (χ1) is 30.8. The molecule has 368 valence electrons. The van der Waals surface area contributed by atoms with Crippen molar-refractivity contribution in [2.45, 2.75) is 44.1 Å². The van der Waals surface area contributed by atoms with E-state index in [9.17, 15) is 14.4 Å². The Balaban J connectivity index is 1.77. The Labute approximate surface area is 374 Å². The summed E-state index contributed by atoms with van der Waals surface area (Å²) >= 11 is 0.873. The van der Waals surface area contributed by atoms with E-state index in [1.54, 1.807) is 10.9 Å². The number of aromatic nitrogens is 3. The molecule has 2 atom stereocenters. The van der Waals surface area contributed by atoms with E-state index in [2.05, 4.69) is 22.6 Å². The lowest BCUT2D eigenvalue weighted by Crippen LogP contribution is -2.37. The molecular weight excluding hydrogens is 859 g/mol. The molecule has 0 saturated carbocycles. The maximum Gasteiger partial charge on any atom is 0.321 e. The summed E-state index contributed by atoms with van der Waals surface area (Å²) in [5, 5.41) is 27.6. The molecule has 63 heavy (non-hydrogen) atoms. The van der Waals surface area contributed by atoms with E-state index in [0.717, 1.165) is 24.8 Å². The van der Waals surface area contributed by atoms with Crippen molar-refractivity contribution in [3.63, 3.8) is 0 Å². The molecule has 0 spiro atoms. The third-order valence-electron chi connectivity index (χ3n) is 7.75. The number of thioether (sulfide) groups is 1. The van der Waals surface area contributed by atoms with Gasteiger partial charge in [-0.2, -0.15) is 0 Å². The van der Waals surface area contributed by atoms with Gasteiger partial charge in [0.05, 0.1) is 196 Å². The average molecular weight is 932 g/mol. The summed E-state index contributed by atoms with van der Waals surface area (Å²) in [5.41, 5.74) is 5.92. The summed E-state index contributed by atoms with van der Waals surface area (Å²) in [5.74, 6) is -3.09. The van der Waals surface area contributed by atoms with Crippen LogP contribution in [0.5, 0.6) is 0 Å². The van der Waals surface area contributed by atoms with Gasteiger partial charge < -0.3 is 82.8 Å². The van der Waals surface area contributed by atoms with Crippen LogP contribution in [0.2, 0.25) is 0 Å². The number of carboxylic acid groups (broad SMARTS) is 2. The number of ether oxygens (including phenoxy) is 13. The van der Waals surface area contributed by atoms with Crippen molar-refractivity contribution in [2.24, 2.45) is 5.73 Å².